The van der Waals surface area contributed by atoms with Crippen LogP contribution in [0.5, 0.6) is 0 Å². The Morgan fingerprint density at radius 1 is 1.17 bits per heavy atom. The second kappa shape index (κ2) is 8.72. The van der Waals surface area contributed by atoms with Crippen molar-refractivity contribution in [1.82, 2.24) is 5.32 Å². The van der Waals surface area contributed by atoms with E-state index in [1.54, 1.807) is 0 Å². The first-order valence-corrected chi connectivity index (χ1v) is 9.22. The van der Waals surface area contributed by atoms with Gasteiger partial charge in [-0.3, -0.25) is 0 Å². The fraction of sp³-hybridized carbons (Fsp3) is 0.714. The third kappa shape index (κ3) is 4.62. The number of hydrogen-bond acceptors (Lipinski definition) is 2. The molecule has 4 heteroatoms. The largest absolute Gasteiger partial charge is 0.309 e. The van der Waals surface area contributed by atoms with Gasteiger partial charge in [-0.25, -0.2) is 0 Å². The van der Waals surface area contributed by atoms with E-state index in [-0.39, 0.29) is 0 Å². The van der Waals surface area contributed by atoms with Crippen molar-refractivity contribution in [3.63, 3.8) is 0 Å². The van der Waals surface area contributed by atoms with Gasteiger partial charge in [-0.05, 0) is 63.2 Å². The SMILES string of the molecule is CCCC(CCC)C(NCC)c1cc(Br)c(Br)s1. The predicted octanol–water partition coefficient (Wildman–Crippen LogP) is 6.14. The standard InChI is InChI=1S/C14H23Br2NS/c1-4-7-10(8-5-2)13(17-6-3)12-9-11(15)14(16)18-12/h9-10,13,17H,4-8H2,1-3H3. The minimum atomic E-state index is 0.502. The Labute approximate surface area is 132 Å². The molecule has 1 N–H and O–H groups in total. The van der Waals surface area contributed by atoms with E-state index in [0.29, 0.717) is 6.04 Å². The summed E-state index contributed by atoms with van der Waals surface area (Å²) in [5.41, 5.74) is 0. The van der Waals surface area contributed by atoms with Gasteiger partial charge in [0.05, 0.1) is 3.79 Å². The number of hydrogen-bond donors (Lipinski definition) is 1. The first kappa shape index (κ1) is 16.7. The highest BCUT2D eigenvalue weighted by Gasteiger charge is 2.23. The normalized spacial score (nSPS) is 13.2. The molecule has 1 atom stereocenters. The molecule has 1 aromatic heterocycles. The molecule has 0 amide bonds. The summed E-state index contributed by atoms with van der Waals surface area (Å²) < 4.78 is 2.38. The zero-order chi connectivity index (χ0) is 13.5. The molecule has 0 aliphatic carbocycles. The first-order valence-electron chi connectivity index (χ1n) is 6.82. The monoisotopic (exact) mass is 395 g/mol. The third-order valence-electron chi connectivity index (χ3n) is 3.19. The smallest absolute Gasteiger partial charge is 0.0843 e. The van der Waals surface area contributed by atoms with Gasteiger partial charge in [-0.2, -0.15) is 0 Å². The number of nitrogens with one attached hydrogen (secondary N) is 1. The van der Waals surface area contributed by atoms with Gasteiger partial charge < -0.3 is 5.32 Å². The maximum atomic E-state index is 3.68. The summed E-state index contributed by atoms with van der Waals surface area (Å²) in [6.07, 6.45) is 5.14. The lowest BCUT2D eigenvalue weighted by molar-refractivity contribution is 0.324. The van der Waals surface area contributed by atoms with Crippen LogP contribution in [0.4, 0.5) is 0 Å². The van der Waals surface area contributed by atoms with E-state index in [1.165, 1.54) is 38.8 Å². The van der Waals surface area contributed by atoms with Gasteiger partial charge in [-0.1, -0.05) is 33.6 Å². The van der Waals surface area contributed by atoms with E-state index in [2.05, 4.69) is 64.0 Å². The van der Waals surface area contributed by atoms with E-state index < -0.39 is 0 Å². The number of rotatable bonds is 8. The van der Waals surface area contributed by atoms with Crippen LogP contribution < -0.4 is 5.32 Å². The number of thiophene rings is 1. The lowest BCUT2D eigenvalue weighted by atomic mass is 9.89. The summed E-state index contributed by atoms with van der Waals surface area (Å²) in [7, 11) is 0. The van der Waals surface area contributed by atoms with Crippen LogP contribution in [-0.4, -0.2) is 6.54 Å². The van der Waals surface area contributed by atoms with Gasteiger partial charge in [0.25, 0.3) is 0 Å². The molecule has 1 aromatic rings. The van der Waals surface area contributed by atoms with Crippen molar-refractivity contribution < 1.29 is 0 Å². The summed E-state index contributed by atoms with van der Waals surface area (Å²) in [5.74, 6) is 0.748. The highest BCUT2D eigenvalue weighted by molar-refractivity contribution is 9.13. The molecule has 1 nitrogen and oxygen atoms in total. The topological polar surface area (TPSA) is 12.0 Å². The first-order chi connectivity index (χ1) is 8.63. The molecule has 1 rings (SSSR count). The summed E-state index contributed by atoms with van der Waals surface area (Å²) in [4.78, 5) is 1.45. The highest BCUT2D eigenvalue weighted by Crippen LogP contribution is 2.39. The minimum absolute atomic E-state index is 0.502. The van der Waals surface area contributed by atoms with E-state index in [1.807, 2.05) is 11.3 Å². The summed E-state index contributed by atoms with van der Waals surface area (Å²) >= 11 is 9.05. The van der Waals surface area contributed by atoms with E-state index >= 15 is 0 Å². The van der Waals surface area contributed by atoms with E-state index in [4.69, 9.17) is 0 Å². The molecule has 0 saturated carbocycles. The van der Waals surface area contributed by atoms with Crippen LogP contribution in [0, 0.1) is 5.92 Å². The van der Waals surface area contributed by atoms with Gasteiger partial charge in [0.1, 0.15) is 0 Å². The van der Waals surface area contributed by atoms with Crippen LogP contribution >= 0.6 is 43.2 Å². The van der Waals surface area contributed by atoms with Gasteiger partial charge in [0.15, 0.2) is 0 Å². The average molecular weight is 397 g/mol. The summed E-state index contributed by atoms with van der Waals surface area (Å²) in [6.45, 7) is 7.79. The molecule has 0 bridgehead atoms. The summed E-state index contributed by atoms with van der Waals surface area (Å²) in [6, 6.07) is 2.77. The third-order valence-corrected chi connectivity index (χ3v) is 6.52. The lowest BCUT2D eigenvalue weighted by Crippen LogP contribution is -2.27. The second-order valence-corrected chi connectivity index (χ2v) is 7.90. The van der Waals surface area contributed by atoms with Gasteiger partial charge >= 0.3 is 0 Å². The molecule has 0 aromatic carbocycles. The van der Waals surface area contributed by atoms with E-state index in [0.717, 1.165) is 12.5 Å². The van der Waals surface area contributed by atoms with Crippen LogP contribution in [0.3, 0.4) is 0 Å². The Kier molecular flexibility index (Phi) is 8.08. The average Bonchev–Trinajstić information content (AvgIpc) is 2.66. The Morgan fingerprint density at radius 2 is 1.78 bits per heavy atom. The van der Waals surface area contributed by atoms with Crippen molar-refractivity contribution in [2.45, 2.75) is 52.5 Å². The molecule has 0 aliphatic rings. The molecule has 1 heterocycles. The molecule has 18 heavy (non-hydrogen) atoms. The van der Waals surface area contributed by atoms with Crippen LogP contribution in [0.1, 0.15) is 57.4 Å². The number of halogens is 2. The fourth-order valence-electron chi connectivity index (χ4n) is 2.46. The predicted molar refractivity (Wildman–Crippen MR) is 89.4 cm³/mol. The fourth-order valence-corrected chi connectivity index (χ4v) is 4.71. The quantitative estimate of drug-likeness (QED) is 0.556. The maximum absolute atomic E-state index is 3.68. The van der Waals surface area contributed by atoms with Gasteiger partial charge in [-0.15, -0.1) is 11.3 Å². The summed E-state index contributed by atoms with van der Waals surface area (Å²) in [5, 5.41) is 3.68. The molecular weight excluding hydrogens is 374 g/mol. The Balaban J connectivity index is 2.90. The van der Waals surface area contributed by atoms with Crippen molar-refractivity contribution in [3.8, 4) is 0 Å². The van der Waals surface area contributed by atoms with Crippen molar-refractivity contribution in [2.75, 3.05) is 6.54 Å². The van der Waals surface area contributed by atoms with Crippen molar-refractivity contribution in [3.05, 3.63) is 19.2 Å². The second-order valence-electron chi connectivity index (χ2n) is 4.64. The maximum Gasteiger partial charge on any atom is 0.0843 e. The molecular formula is C14H23Br2NS. The molecule has 0 spiro atoms. The zero-order valence-electron chi connectivity index (χ0n) is 11.4. The molecule has 0 saturated heterocycles. The van der Waals surface area contributed by atoms with E-state index in [9.17, 15) is 0 Å². The molecule has 0 fully saturated rings. The Bertz CT molecular complexity index is 326. The van der Waals surface area contributed by atoms with Crippen molar-refractivity contribution in [2.24, 2.45) is 5.92 Å². The molecule has 104 valence electrons. The Morgan fingerprint density at radius 3 is 2.17 bits per heavy atom. The van der Waals surface area contributed by atoms with Crippen LogP contribution in [0.25, 0.3) is 0 Å². The van der Waals surface area contributed by atoms with Crippen LogP contribution in [0.15, 0.2) is 14.3 Å². The van der Waals surface area contributed by atoms with Crippen LogP contribution in [0.2, 0.25) is 0 Å². The van der Waals surface area contributed by atoms with Crippen molar-refractivity contribution in [1.29, 1.82) is 0 Å². The molecule has 1 unspecified atom stereocenters. The zero-order valence-corrected chi connectivity index (χ0v) is 15.4. The minimum Gasteiger partial charge on any atom is -0.309 e. The van der Waals surface area contributed by atoms with Crippen molar-refractivity contribution >= 4 is 43.2 Å². The molecule has 0 aliphatic heterocycles. The van der Waals surface area contributed by atoms with Gasteiger partial charge in [0, 0.05) is 15.4 Å². The lowest BCUT2D eigenvalue weighted by Gasteiger charge is -2.26. The highest BCUT2D eigenvalue weighted by atomic mass is 79.9. The van der Waals surface area contributed by atoms with Gasteiger partial charge in [0.2, 0.25) is 0 Å². The molecule has 0 radical (unpaired) electrons. The Hall–Kier alpha value is 0.620. The van der Waals surface area contributed by atoms with Crippen LogP contribution in [-0.2, 0) is 0 Å².